The van der Waals surface area contributed by atoms with Crippen molar-refractivity contribution in [2.75, 3.05) is 33.7 Å². The van der Waals surface area contributed by atoms with Crippen molar-refractivity contribution in [2.24, 2.45) is 0 Å². The first-order valence-electron chi connectivity index (χ1n) is 6.58. The summed E-state index contributed by atoms with van der Waals surface area (Å²) in [4.78, 5) is 16.9. The molecule has 0 aliphatic carbocycles. The molecule has 0 aromatic carbocycles. The van der Waals surface area contributed by atoms with Crippen LogP contribution in [0.2, 0.25) is 0 Å². The van der Waals surface area contributed by atoms with Gasteiger partial charge in [-0.3, -0.25) is 14.4 Å². The molecule has 2 rings (SSSR count). The first-order chi connectivity index (χ1) is 8.63. The van der Waals surface area contributed by atoms with Crippen LogP contribution in [0, 0.1) is 0 Å². The average Bonchev–Trinajstić information content (AvgIpc) is 2.80. The second kappa shape index (κ2) is 5.63. The number of likely N-dealkylation sites (N-methyl/N-ethyl adjacent to an activating group) is 2. The van der Waals surface area contributed by atoms with Gasteiger partial charge in [0, 0.05) is 32.4 Å². The zero-order valence-corrected chi connectivity index (χ0v) is 11.5. The highest BCUT2D eigenvalue weighted by atomic mass is 16.1. The fraction of sp³-hybridized carbons (Fsp3) is 0.692. The number of Topliss-reactive ketones (excluding diaryl/α,β-unsaturated/α-hetero) is 1. The molecular weight excluding hydrogens is 228 g/mol. The molecule has 1 aliphatic heterocycles. The topological polar surface area (TPSA) is 41.4 Å². The third-order valence-electron chi connectivity index (χ3n) is 3.56. The van der Waals surface area contributed by atoms with Gasteiger partial charge in [0.1, 0.15) is 5.69 Å². The van der Waals surface area contributed by atoms with Crippen molar-refractivity contribution in [2.45, 2.75) is 25.9 Å². The maximum atomic E-state index is 12.6. The van der Waals surface area contributed by atoms with Gasteiger partial charge >= 0.3 is 0 Å². The Balaban J connectivity index is 2.16. The predicted octanol–water partition coefficient (Wildman–Crippen LogP) is 0.722. The van der Waals surface area contributed by atoms with E-state index >= 15 is 0 Å². The number of piperazine rings is 1. The molecule has 5 nitrogen and oxygen atoms in total. The van der Waals surface area contributed by atoms with Gasteiger partial charge in [-0.25, -0.2) is 0 Å². The van der Waals surface area contributed by atoms with Crippen LogP contribution in [-0.4, -0.2) is 65.1 Å². The fourth-order valence-corrected chi connectivity index (χ4v) is 2.40. The van der Waals surface area contributed by atoms with E-state index in [1.54, 1.807) is 6.20 Å². The van der Waals surface area contributed by atoms with Crippen LogP contribution in [0.1, 0.15) is 23.8 Å². The van der Waals surface area contributed by atoms with E-state index in [2.05, 4.69) is 28.9 Å². The summed E-state index contributed by atoms with van der Waals surface area (Å²) in [5.74, 6) is 0.190. The number of nitrogens with zero attached hydrogens (tertiary/aromatic N) is 4. The standard InChI is InChI=1S/C13H22N4O/c1-4-7-17-11(5-6-14-17)13(18)12-10-15(2)8-9-16(12)3/h5-6,12H,4,7-10H2,1-3H3. The van der Waals surface area contributed by atoms with E-state index in [0.717, 1.165) is 38.3 Å². The number of aromatic nitrogens is 2. The number of ketones is 1. The molecule has 1 saturated heterocycles. The van der Waals surface area contributed by atoms with Gasteiger partial charge in [-0.1, -0.05) is 6.92 Å². The first-order valence-corrected chi connectivity index (χ1v) is 6.58. The van der Waals surface area contributed by atoms with Gasteiger partial charge in [0.2, 0.25) is 0 Å². The maximum absolute atomic E-state index is 12.6. The molecule has 1 atom stereocenters. The lowest BCUT2D eigenvalue weighted by atomic mass is 10.1. The number of carbonyl (C=O) groups is 1. The Kier molecular flexibility index (Phi) is 4.14. The second-order valence-electron chi connectivity index (χ2n) is 5.06. The monoisotopic (exact) mass is 250 g/mol. The van der Waals surface area contributed by atoms with Crippen LogP contribution in [0.4, 0.5) is 0 Å². The summed E-state index contributed by atoms with van der Waals surface area (Å²) in [6.07, 6.45) is 2.71. The summed E-state index contributed by atoms with van der Waals surface area (Å²) >= 11 is 0. The zero-order valence-electron chi connectivity index (χ0n) is 11.5. The predicted molar refractivity (Wildman–Crippen MR) is 70.8 cm³/mol. The molecule has 0 saturated carbocycles. The first kappa shape index (κ1) is 13.2. The molecule has 18 heavy (non-hydrogen) atoms. The fourth-order valence-electron chi connectivity index (χ4n) is 2.40. The Hall–Kier alpha value is -1.20. The van der Waals surface area contributed by atoms with E-state index in [9.17, 15) is 4.79 Å². The Morgan fingerprint density at radius 1 is 1.44 bits per heavy atom. The summed E-state index contributed by atoms with van der Waals surface area (Å²) in [6.45, 7) is 5.66. The molecule has 1 fully saturated rings. The molecule has 1 aliphatic rings. The number of carbonyl (C=O) groups excluding carboxylic acids is 1. The van der Waals surface area contributed by atoms with Crippen molar-refractivity contribution in [3.8, 4) is 0 Å². The summed E-state index contributed by atoms with van der Waals surface area (Å²) in [6, 6.07) is 1.79. The molecular formula is C13H22N4O. The molecule has 2 heterocycles. The van der Waals surface area contributed by atoms with Gasteiger partial charge in [0.15, 0.2) is 5.78 Å². The second-order valence-corrected chi connectivity index (χ2v) is 5.06. The minimum Gasteiger partial charge on any atom is -0.303 e. The lowest BCUT2D eigenvalue weighted by Crippen LogP contribution is -2.53. The summed E-state index contributed by atoms with van der Waals surface area (Å²) in [7, 11) is 4.09. The minimum atomic E-state index is -0.0453. The van der Waals surface area contributed by atoms with Gasteiger partial charge in [-0.15, -0.1) is 0 Å². The van der Waals surface area contributed by atoms with E-state index in [-0.39, 0.29) is 11.8 Å². The van der Waals surface area contributed by atoms with Crippen molar-refractivity contribution in [1.29, 1.82) is 0 Å². The van der Waals surface area contributed by atoms with E-state index in [4.69, 9.17) is 0 Å². The minimum absolute atomic E-state index is 0.0453. The third-order valence-corrected chi connectivity index (χ3v) is 3.56. The van der Waals surface area contributed by atoms with Gasteiger partial charge < -0.3 is 4.90 Å². The Bertz CT molecular complexity index is 415. The van der Waals surface area contributed by atoms with E-state index in [1.807, 2.05) is 17.8 Å². The van der Waals surface area contributed by atoms with Crippen LogP contribution in [0.3, 0.4) is 0 Å². The molecule has 1 unspecified atom stereocenters. The van der Waals surface area contributed by atoms with Crippen molar-refractivity contribution in [1.82, 2.24) is 19.6 Å². The number of aryl methyl sites for hydroxylation is 1. The summed E-state index contributed by atoms with van der Waals surface area (Å²) in [5.41, 5.74) is 0.740. The Labute approximate surface area is 108 Å². The van der Waals surface area contributed by atoms with E-state index < -0.39 is 0 Å². The molecule has 0 spiro atoms. The lowest BCUT2D eigenvalue weighted by Gasteiger charge is -2.36. The van der Waals surface area contributed by atoms with Crippen molar-refractivity contribution in [3.63, 3.8) is 0 Å². The normalized spacial score (nSPS) is 22.3. The van der Waals surface area contributed by atoms with Gasteiger partial charge in [0.05, 0.1) is 6.04 Å². The SMILES string of the molecule is CCCn1nccc1C(=O)C1CN(C)CCN1C. The third kappa shape index (κ3) is 2.62. The Morgan fingerprint density at radius 2 is 2.22 bits per heavy atom. The summed E-state index contributed by atoms with van der Waals surface area (Å²) in [5, 5.41) is 4.23. The lowest BCUT2D eigenvalue weighted by molar-refractivity contribution is 0.0675. The Morgan fingerprint density at radius 3 is 2.94 bits per heavy atom. The highest BCUT2D eigenvalue weighted by Gasteiger charge is 2.30. The maximum Gasteiger partial charge on any atom is 0.199 e. The van der Waals surface area contributed by atoms with Crippen molar-refractivity contribution < 1.29 is 4.79 Å². The zero-order chi connectivity index (χ0) is 13.1. The number of rotatable bonds is 4. The van der Waals surface area contributed by atoms with Crippen molar-refractivity contribution >= 4 is 5.78 Å². The van der Waals surface area contributed by atoms with Crippen LogP contribution in [0.5, 0.6) is 0 Å². The summed E-state index contributed by atoms with van der Waals surface area (Å²) < 4.78 is 1.82. The molecule has 100 valence electrons. The van der Waals surface area contributed by atoms with Gasteiger partial charge in [-0.05, 0) is 26.6 Å². The smallest absolute Gasteiger partial charge is 0.199 e. The average molecular weight is 250 g/mol. The van der Waals surface area contributed by atoms with E-state index in [0.29, 0.717) is 0 Å². The number of hydrogen-bond donors (Lipinski definition) is 0. The van der Waals surface area contributed by atoms with Crippen LogP contribution < -0.4 is 0 Å². The van der Waals surface area contributed by atoms with Crippen LogP contribution in [-0.2, 0) is 6.54 Å². The molecule has 1 aromatic heterocycles. The number of hydrogen-bond acceptors (Lipinski definition) is 4. The highest BCUT2D eigenvalue weighted by Crippen LogP contribution is 2.13. The van der Waals surface area contributed by atoms with E-state index in [1.165, 1.54) is 0 Å². The molecule has 0 amide bonds. The molecule has 1 aromatic rings. The molecule has 5 heteroatoms. The largest absolute Gasteiger partial charge is 0.303 e. The molecule has 0 radical (unpaired) electrons. The van der Waals surface area contributed by atoms with Crippen LogP contribution >= 0.6 is 0 Å². The highest BCUT2D eigenvalue weighted by molar-refractivity contribution is 5.98. The van der Waals surface area contributed by atoms with Crippen molar-refractivity contribution in [3.05, 3.63) is 18.0 Å². The van der Waals surface area contributed by atoms with Gasteiger partial charge in [0.25, 0.3) is 0 Å². The molecule has 0 bridgehead atoms. The molecule has 0 N–H and O–H groups in total. The van der Waals surface area contributed by atoms with Crippen LogP contribution in [0.25, 0.3) is 0 Å². The van der Waals surface area contributed by atoms with Gasteiger partial charge in [-0.2, -0.15) is 5.10 Å². The quantitative estimate of drug-likeness (QED) is 0.739. The van der Waals surface area contributed by atoms with Crippen LogP contribution in [0.15, 0.2) is 12.3 Å².